The van der Waals surface area contributed by atoms with Crippen LogP contribution in [0.4, 0.5) is 0 Å². The van der Waals surface area contributed by atoms with E-state index in [4.69, 9.17) is 4.74 Å². The standard InChI is InChI=1S/C47H80O3/c1-11-12-13-14-15-16-17-18-19-20-21-22-23-24-43(49)50-42(27-28-44(5,6)7)36(4)37-25-29-47(10)39-32-41(48)40-31-34(2)35(3)33-45(40,8)38(39)26-30-46(37,47)9/h16-17,32,34-38,40,42H,11-15,18-31,33H2,1-10H3/b17-16-/t34-,35+,36+,37-,38?,40+,42-,45-,46-,47+/m1/s1. The fourth-order valence-corrected chi connectivity index (χ4v) is 11.6. The van der Waals surface area contributed by atoms with Gasteiger partial charge in [0, 0.05) is 12.3 Å². The average molecular weight is 693 g/mol. The minimum atomic E-state index is -0.0399. The molecule has 0 heterocycles. The number of allylic oxidation sites excluding steroid dienone is 4. The number of esters is 1. The molecule has 3 fully saturated rings. The molecule has 0 aromatic carbocycles. The van der Waals surface area contributed by atoms with Gasteiger partial charge in [0.2, 0.25) is 0 Å². The maximum absolute atomic E-state index is 13.9. The number of hydrogen-bond acceptors (Lipinski definition) is 3. The zero-order valence-electron chi connectivity index (χ0n) is 34.6. The smallest absolute Gasteiger partial charge is 0.306 e. The van der Waals surface area contributed by atoms with Gasteiger partial charge in [-0.15, -0.1) is 0 Å². The average Bonchev–Trinajstić information content (AvgIpc) is 3.33. The first-order valence-electron chi connectivity index (χ1n) is 21.7. The van der Waals surface area contributed by atoms with Gasteiger partial charge in [-0.3, -0.25) is 9.59 Å². The Morgan fingerprint density at radius 2 is 1.54 bits per heavy atom. The van der Waals surface area contributed by atoms with E-state index in [1.54, 1.807) is 0 Å². The van der Waals surface area contributed by atoms with Crippen LogP contribution in [-0.2, 0) is 14.3 Å². The first-order valence-corrected chi connectivity index (χ1v) is 21.7. The van der Waals surface area contributed by atoms with Crippen LogP contribution in [0.15, 0.2) is 23.8 Å². The molecule has 0 aromatic heterocycles. The first kappa shape index (κ1) is 41.4. The fourth-order valence-electron chi connectivity index (χ4n) is 11.6. The van der Waals surface area contributed by atoms with Crippen LogP contribution in [0.2, 0.25) is 0 Å². The number of rotatable bonds is 18. The summed E-state index contributed by atoms with van der Waals surface area (Å²) < 4.78 is 6.50. The molecule has 4 aliphatic rings. The lowest BCUT2D eigenvalue weighted by atomic mass is 9.42. The predicted octanol–water partition coefficient (Wildman–Crippen LogP) is 13.6. The van der Waals surface area contributed by atoms with Crippen LogP contribution in [-0.4, -0.2) is 17.9 Å². The van der Waals surface area contributed by atoms with E-state index in [2.05, 4.69) is 87.5 Å². The Morgan fingerprint density at radius 1 is 0.900 bits per heavy atom. The van der Waals surface area contributed by atoms with Gasteiger partial charge >= 0.3 is 5.97 Å². The molecule has 4 rings (SSSR count). The van der Waals surface area contributed by atoms with Crippen molar-refractivity contribution in [3.05, 3.63) is 23.8 Å². The highest BCUT2D eigenvalue weighted by molar-refractivity contribution is 5.94. The molecular weight excluding hydrogens is 613 g/mol. The van der Waals surface area contributed by atoms with Crippen molar-refractivity contribution in [2.24, 2.45) is 57.2 Å². The third-order valence-corrected chi connectivity index (χ3v) is 15.4. The lowest BCUT2D eigenvalue weighted by Crippen LogP contribution is -2.56. The molecule has 0 amide bonds. The number of ketones is 1. The number of unbranched alkanes of at least 4 members (excludes halogenated alkanes) is 9. The molecule has 1 unspecified atom stereocenters. The molecule has 10 atom stereocenters. The number of carbonyl (C=O) groups excluding carboxylic acids is 2. The Balaban J connectivity index is 1.35. The number of ether oxygens (including phenoxy) is 1. The molecule has 0 saturated heterocycles. The second kappa shape index (κ2) is 17.6. The van der Waals surface area contributed by atoms with Gasteiger partial charge in [-0.2, -0.15) is 0 Å². The highest BCUT2D eigenvalue weighted by Crippen LogP contribution is 2.72. The summed E-state index contributed by atoms with van der Waals surface area (Å²) in [7, 11) is 0. The van der Waals surface area contributed by atoms with Crippen LogP contribution < -0.4 is 0 Å². The molecule has 0 spiro atoms. The van der Waals surface area contributed by atoms with Crippen LogP contribution >= 0.6 is 0 Å². The summed E-state index contributed by atoms with van der Waals surface area (Å²) in [6.45, 7) is 23.9. The Labute approximate surface area is 310 Å². The van der Waals surface area contributed by atoms with Gasteiger partial charge in [0.15, 0.2) is 5.78 Å². The number of hydrogen-bond donors (Lipinski definition) is 0. The largest absolute Gasteiger partial charge is 0.462 e. The Hall–Kier alpha value is -1.38. The SMILES string of the molecule is CCCCCC/C=C\CCCCCCCC(=O)O[C@H](CCC(C)(C)C)[C@@H](C)[C@H]1CC[C@@]2(C)C3=CC(=O)[C@@H]4C[C@@H](C)[C@@H](C)C[C@]4(C)C3CC[C@]12C. The molecule has 4 aliphatic carbocycles. The molecule has 50 heavy (non-hydrogen) atoms. The van der Waals surface area contributed by atoms with Gasteiger partial charge in [-0.05, 0) is 141 Å². The van der Waals surface area contributed by atoms with Crippen molar-refractivity contribution >= 4 is 11.8 Å². The molecule has 286 valence electrons. The topological polar surface area (TPSA) is 43.4 Å². The summed E-state index contributed by atoms with van der Waals surface area (Å²) in [5, 5.41) is 0. The van der Waals surface area contributed by atoms with E-state index in [9.17, 15) is 9.59 Å². The van der Waals surface area contributed by atoms with Crippen molar-refractivity contribution < 1.29 is 14.3 Å². The fraction of sp³-hybridized carbons (Fsp3) is 0.872. The van der Waals surface area contributed by atoms with Gasteiger partial charge in [0.25, 0.3) is 0 Å². The minimum Gasteiger partial charge on any atom is -0.462 e. The molecule has 0 radical (unpaired) electrons. The van der Waals surface area contributed by atoms with E-state index in [0.717, 1.165) is 44.9 Å². The summed E-state index contributed by atoms with van der Waals surface area (Å²) in [6.07, 6.45) is 29.9. The summed E-state index contributed by atoms with van der Waals surface area (Å²) in [4.78, 5) is 27.3. The zero-order chi connectivity index (χ0) is 36.7. The zero-order valence-corrected chi connectivity index (χ0v) is 34.6. The van der Waals surface area contributed by atoms with Crippen LogP contribution in [0.1, 0.15) is 198 Å². The summed E-state index contributed by atoms with van der Waals surface area (Å²) in [5.41, 5.74) is 1.94. The highest BCUT2D eigenvalue weighted by Gasteiger charge is 2.65. The van der Waals surface area contributed by atoms with E-state index < -0.39 is 0 Å². The van der Waals surface area contributed by atoms with Crippen molar-refractivity contribution in [1.82, 2.24) is 0 Å². The third kappa shape index (κ3) is 9.40. The molecule has 0 aromatic rings. The van der Waals surface area contributed by atoms with Gasteiger partial charge < -0.3 is 4.74 Å². The van der Waals surface area contributed by atoms with E-state index in [0.29, 0.717) is 41.8 Å². The lowest BCUT2D eigenvalue weighted by Gasteiger charge is -2.61. The van der Waals surface area contributed by atoms with Gasteiger partial charge in [-0.25, -0.2) is 0 Å². The lowest BCUT2D eigenvalue weighted by molar-refractivity contribution is -0.156. The first-order chi connectivity index (χ1) is 23.6. The molecular formula is C47H80O3. The van der Waals surface area contributed by atoms with Gasteiger partial charge in [0.1, 0.15) is 6.10 Å². The van der Waals surface area contributed by atoms with Crippen LogP contribution in [0.25, 0.3) is 0 Å². The van der Waals surface area contributed by atoms with E-state index >= 15 is 0 Å². The highest BCUT2D eigenvalue weighted by atomic mass is 16.5. The van der Waals surface area contributed by atoms with E-state index in [-0.39, 0.29) is 39.7 Å². The van der Waals surface area contributed by atoms with E-state index in [1.165, 1.54) is 82.6 Å². The van der Waals surface area contributed by atoms with Gasteiger partial charge in [-0.1, -0.05) is 125 Å². The van der Waals surface area contributed by atoms with Crippen molar-refractivity contribution in [1.29, 1.82) is 0 Å². The Morgan fingerprint density at radius 3 is 2.20 bits per heavy atom. The second-order valence-electron chi connectivity index (χ2n) is 20.1. The summed E-state index contributed by atoms with van der Waals surface area (Å²) in [5.74, 6) is 3.25. The van der Waals surface area contributed by atoms with Gasteiger partial charge in [0.05, 0.1) is 0 Å². The normalized spacial score (nSPS) is 35.3. The van der Waals surface area contributed by atoms with Crippen molar-refractivity contribution in [3.8, 4) is 0 Å². The number of fused-ring (bicyclic) bond motifs is 5. The molecule has 0 N–H and O–H groups in total. The summed E-state index contributed by atoms with van der Waals surface area (Å²) in [6, 6.07) is 0. The van der Waals surface area contributed by atoms with E-state index in [1.807, 2.05) is 0 Å². The quantitative estimate of drug-likeness (QED) is 0.0816. The second-order valence-corrected chi connectivity index (χ2v) is 20.1. The minimum absolute atomic E-state index is 0.0107. The van der Waals surface area contributed by atoms with Crippen molar-refractivity contribution in [2.45, 2.75) is 204 Å². The van der Waals surface area contributed by atoms with Crippen LogP contribution in [0.3, 0.4) is 0 Å². The molecule has 3 heteroatoms. The molecule has 3 saturated carbocycles. The maximum Gasteiger partial charge on any atom is 0.306 e. The van der Waals surface area contributed by atoms with Crippen molar-refractivity contribution in [2.75, 3.05) is 0 Å². The summed E-state index contributed by atoms with van der Waals surface area (Å²) >= 11 is 0. The predicted molar refractivity (Wildman–Crippen MR) is 212 cm³/mol. The Kier molecular flexibility index (Phi) is 14.6. The molecule has 0 aliphatic heterocycles. The monoisotopic (exact) mass is 693 g/mol. The molecule has 0 bridgehead atoms. The number of carbonyl (C=O) groups is 2. The van der Waals surface area contributed by atoms with Crippen molar-refractivity contribution in [3.63, 3.8) is 0 Å². The maximum atomic E-state index is 13.9. The third-order valence-electron chi connectivity index (χ3n) is 15.4. The Bertz CT molecular complexity index is 1170. The van der Waals surface area contributed by atoms with Crippen LogP contribution in [0, 0.1) is 57.2 Å². The molecule has 3 nitrogen and oxygen atoms in total. The van der Waals surface area contributed by atoms with Crippen LogP contribution in [0.5, 0.6) is 0 Å².